The van der Waals surface area contributed by atoms with Crippen molar-refractivity contribution in [3.05, 3.63) is 106 Å². The number of anilines is 1. The van der Waals surface area contributed by atoms with Gasteiger partial charge in [-0.2, -0.15) is 4.58 Å². The molecule has 2 heterocycles. The first-order valence-corrected chi connectivity index (χ1v) is 14.4. The number of halogens is 1. The fraction of sp³-hybridized carbons (Fsp3) is 0.382. The lowest BCUT2D eigenvalue weighted by Crippen LogP contribution is -2.27. The highest BCUT2D eigenvalue weighted by Gasteiger charge is 2.43. The van der Waals surface area contributed by atoms with Crippen LogP contribution in [0.3, 0.4) is 0 Å². The molecule has 0 fully saturated rings. The summed E-state index contributed by atoms with van der Waals surface area (Å²) in [5, 5.41) is 0.938. The van der Waals surface area contributed by atoms with Crippen LogP contribution in [0.4, 0.5) is 11.4 Å². The molecule has 192 valence electrons. The van der Waals surface area contributed by atoms with Gasteiger partial charge in [-0.15, -0.1) is 0 Å². The smallest absolute Gasteiger partial charge is 0.209 e. The van der Waals surface area contributed by atoms with Crippen LogP contribution in [0.5, 0.6) is 0 Å². The number of hydrogen-bond donors (Lipinski definition) is 0. The van der Waals surface area contributed by atoms with Crippen molar-refractivity contribution in [2.75, 3.05) is 18.0 Å². The molecular formula is C34H40ClN2+. The summed E-state index contributed by atoms with van der Waals surface area (Å²) in [5.74, 6) is 0. The Labute approximate surface area is 228 Å². The van der Waals surface area contributed by atoms with Crippen molar-refractivity contribution in [1.29, 1.82) is 0 Å². The van der Waals surface area contributed by atoms with Crippen LogP contribution in [-0.2, 0) is 11.8 Å². The number of para-hydroxylation sites is 2. The molecule has 5 rings (SSSR count). The maximum absolute atomic E-state index is 7.06. The molecule has 2 aromatic rings. The Kier molecular flexibility index (Phi) is 7.58. The van der Waals surface area contributed by atoms with E-state index in [0.717, 1.165) is 56.6 Å². The van der Waals surface area contributed by atoms with Gasteiger partial charge in [-0.05, 0) is 68.4 Å². The highest BCUT2D eigenvalue weighted by atomic mass is 35.5. The minimum Gasteiger partial charge on any atom is -0.345 e. The van der Waals surface area contributed by atoms with Crippen molar-refractivity contribution in [3.8, 4) is 0 Å². The molecule has 1 aliphatic carbocycles. The van der Waals surface area contributed by atoms with Gasteiger partial charge in [0.2, 0.25) is 5.69 Å². The lowest BCUT2D eigenvalue weighted by molar-refractivity contribution is -0.437. The first kappa shape index (κ1) is 25.8. The largest absolute Gasteiger partial charge is 0.345 e. The second kappa shape index (κ2) is 10.9. The number of benzene rings is 2. The fourth-order valence-corrected chi connectivity index (χ4v) is 6.51. The summed E-state index contributed by atoms with van der Waals surface area (Å²) in [4.78, 5) is 2.48. The van der Waals surface area contributed by atoms with Crippen molar-refractivity contribution in [1.82, 2.24) is 0 Å². The summed E-state index contributed by atoms with van der Waals surface area (Å²) in [5.41, 5.74) is 10.8. The molecule has 0 N–H and O–H groups in total. The SMILES string of the molecule is CCCN1C(=C/C=C2\CCCC(/C=C/C3=[N+](CCC)c4ccccc4C3(C)C)=C2Cl)Cc2ccccc21. The van der Waals surface area contributed by atoms with Crippen molar-refractivity contribution in [3.63, 3.8) is 0 Å². The molecule has 0 radical (unpaired) electrons. The van der Waals surface area contributed by atoms with Gasteiger partial charge in [0.25, 0.3) is 0 Å². The summed E-state index contributed by atoms with van der Waals surface area (Å²) in [7, 11) is 0. The summed E-state index contributed by atoms with van der Waals surface area (Å²) < 4.78 is 2.50. The quantitative estimate of drug-likeness (QED) is 0.336. The van der Waals surface area contributed by atoms with Crippen LogP contribution in [-0.4, -0.2) is 23.4 Å². The van der Waals surface area contributed by atoms with E-state index < -0.39 is 0 Å². The number of hydrogen-bond acceptors (Lipinski definition) is 1. The molecule has 0 saturated heterocycles. The maximum atomic E-state index is 7.06. The predicted molar refractivity (Wildman–Crippen MR) is 159 cm³/mol. The minimum atomic E-state index is -0.0206. The summed E-state index contributed by atoms with van der Waals surface area (Å²) in [6.45, 7) is 11.3. The van der Waals surface area contributed by atoms with Crippen LogP contribution in [0.2, 0.25) is 0 Å². The van der Waals surface area contributed by atoms with E-state index in [-0.39, 0.29) is 5.41 Å². The molecule has 0 atom stereocenters. The first-order chi connectivity index (χ1) is 18.0. The monoisotopic (exact) mass is 511 g/mol. The van der Waals surface area contributed by atoms with Crippen molar-refractivity contribution < 1.29 is 4.58 Å². The van der Waals surface area contributed by atoms with Gasteiger partial charge in [0.1, 0.15) is 6.54 Å². The van der Waals surface area contributed by atoms with Gasteiger partial charge < -0.3 is 4.90 Å². The third-order valence-corrected chi connectivity index (χ3v) is 8.56. The van der Waals surface area contributed by atoms with E-state index in [1.54, 1.807) is 0 Å². The van der Waals surface area contributed by atoms with E-state index in [4.69, 9.17) is 11.6 Å². The number of allylic oxidation sites excluding steroid dienone is 8. The van der Waals surface area contributed by atoms with Crippen LogP contribution in [0, 0.1) is 0 Å². The van der Waals surface area contributed by atoms with E-state index in [2.05, 4.69) is 110 Å². The van der Waals surface area contributed by atoms with Gasteiger partial charge in [0.05, 0.1) is 5.41 Å². The van der Waals surface area contributed by atoms with E-state index >= 15 is 0 Å². The molecule has 2 aliphatic heterocycles. The third-order valence-electron chi connectivity index (χ3n) is 8.07. The maximum Gasteiger partial charge on any atom is 0.209 e. The standard InChI is InChI=1S/C34H40ClN2/c1-5-22-36-28(24-27-12-7-9-16-30(27)36)20-18-25-13-11-14-26(33(25)35)19-21-32-34(3,4)29-15-8-10-17-31(29)37(32)23-6-2/h7-10,12,15-21H,5-6,11,13-14,22-24H2,1-4H3/q+1. The first-order valence-electron chi connectivity index (χ1n) is 14.0. The van der Waals surface area contributed by atoms with E-state index in [1.165, 1.54) is 45.1 Å². The molecule has 0 unspecified atom stereocenters. The highest BCUT2D eigenvalue weighted by Crippen LogP contribution is 2.41. The molecule has 37 heavy (non-hydrogen) atoms. The van der Waals surface area contributed by atoms with Gasteiger partial charge in [0, 0.05) is 53.5 Å². The normalized spacial score (nSPS) is 21.1. The van der Waals surface area contributed by atoms with Crippen LogP contribution in [0.1, 0.15) is 70.9 Å². The number of nitrogens with zero attached hydrogens (tertiary/aromatic N) is 2. The zero-order chi connectivity index (χ0) is 26.0. The van der Waals surface area contributed by atoms with Gasteiger partial charge >= 0.3 is 0 Å². The average molecular weight is 512 g/mol. The van der Waals surface area contributed by atoms with Crippen molar-refractivity contribution >= 4 is 28.7 Å². The minimum absolute atomic E-state index is 0.0206. The molecule has 2 aromatic carbocycles. The Bertz CT molecular complexity index is 1340. The Morgan fingerprint density at radius 1 is 0.946 bits per heavy atom. The summed E-state index contributed by atoms with van der Waals surface area (Å²) >= 11 is 7.06. The molecular weight excluding hydrogens is 472 g/mol. The van der Waals surface area contributed by atoms with Crippen LogP contribution < -0.4 is 4.90 Å². The molecule has 0 spiro atoms. The van der Waals surface area contributed by atoms with Gasteiger partial charge in [-0.25, -0.2) is 0 Å². The van der Waals surface area contributed by atoms with Gasteiger partial charge in [-0.3, -0.25) is 0 Å². The Hall–Kier alpha value is -2.84. The van der Waals surface area contributed by atoms with Crippen LogP contribution in [0.15, 0.2) is 94.7 Å². The molecule has 3 heteroatoms. The Balaban J connectivity index is 1.44. The number of rotatable bonds is 7. The molecule has 0 bridgehead atoms. The zero-order valence-electron chi connectivity index (χ0n) is 22.9. The van der Waals surface area contributed by atoms with E-state index in [0.29, 0.717) is 0 Å². The topological polar surface area (TPSA) is 6.25 Å². The molecule has 0 saturated carbocycles. The Morgan fingerprint density at radius 2 is 1.73 bits per heavy atom. The van der Waals surface area contributed by atoms with Crippen LogP contribution >= 0.6 is 11.6 Å². The average Bonchev–Trinajstić information content (AvgIpc) is 3.35. The molecule has 0 amide bonds. The number of fused-ring (bicyclic) bond motifs is 2. The molecule has 2 nitrogen and oxygen atoms in total. The van der Waals surface area contributed by atoms with E-state index in [9.17, 15) is 0 Å². The van der Waals surface area contributed by atoms with Gasteiger partial charge in [0.15, 0.2) is 5.71 Å². The van der Waals surface area contributed by atoms with Gasteiger partial charge in [-0.1, -0.05) is 74.0 Å². The lowest BCUT2D eigenvalue weighted by Gasteiger charge is -2.21. The Morgan fingerprint density at radius 3 is 2.54 bits per heavy atom. The lowest BCUT2D eigenvalue weighted by atomic mass is 9.81. The fourth-order valence-electron chi connectivity index (χ4n) is 6.20. The summed E-state index contributed by atoms with van der Waals surface area (Å²) in [6, 6.07) is 17.7. The van der Waals surface area contributed by atoms with E-state index in [1.807, 2.05) is 0 Å². The molecule has 0 aromatic heterocycles. The predicted octanol–water partition coefficient (Wildman–Crippen LogP) is 8.99. The molecule has 3 aliphatic rings. The van der Waals surface area contributed by atoms with Crippen molar-refractivity contribution in [2.24, 2.45) is 0 Å². The highest BCUT2D eigenvalue weighted by molar-refractivity contribution is 6.32. The third kappa shape index (κ3) is 4.89. The second-order valence-electron chi connectivity index (χ2n) is 11.0. The second-order valence-corrected chi connectivity index (χ2v) is 11.4. The zero-order valence-corrected chi connectivity index (χ0v) is 23.6. The van der Waals surface area contributed by atoms with Crippen molar-refractivity contribution in [2.45, 2.75) is 71.6 Å². The van der Waals surface area contributed by atoms with Crippen LogP contribution in [0.25, 0.3) is 0 Å². The summed E-state index contributed by atoms with van der Waals surface area (Å²) in [6.07, 6.45) is 15.7.